The molecule has 162 valence electrons. The van der Waals surface area contributed by atoms with Gasteiger partial charge in [0.15, 0.2) is 6.61 Å². The van der Waals surface area contributed by atoms with Crippen molar-refractivity contribution in [2.75, 3.05) is 20.8 Å². The molecule has 4 aliphatic rings. The Morgan fingerprint density at radius 1 is 1.00 bits per heavy atom. The van der Waals surface area contributed by atoms with Gasteiger partial charge in [0.25, 0.3) is 5.91 Å². The van der Waals surface area contributed by atoms with Gasteiger partial charge in [0.05, 0.1) is 14.2 Å². The van der Waals surface area contributed by atoms with E-state index in [-0.39, 0.29) is 11.1 Å². The molecular weight excluding hydrogens is 388 g/mol. The first-order valence-electron chi connectivity index (χ1n) is 10.4. The topological polar surface area (TPSA) is 103 Å². The molecule has 0 heterocycles. The van der Waals surface area contributed by atoms with E-state index in [1.54, 1.807) is 12.1 Å². The van der Waals surface area contributed by atoms with Crippen molar-refractivity contribution in [1.82, 2.24) is 10.6 Å². The molecule has 3 amide bonds. The zero-order chi connectivity index (χ0) is 21.3. The maximum Gasteiger partial charge on any atom is 0.342 e. The second kappa shape index (κ2) is 8.16. The molecule has 2 N–H and O–H groups in total. The van der Waals surface area contributed by atoms with Crippen LogP contribution in [-0.4, -0.2) is 44.3 Å². The Morgan fingerprint density at radius 2 is 1.63 bits per heavy atom. The number of ether oxygens (including phenoxy) is 3. The highest BCUT2D eigenvalue weighted by atomic mass is 16.5. The smallest absolute Gasteiger partial charge is 0.342 e. The highest BCUT2D eigenvalue weighted by molar-refractivity contribution is 5.98. The van der Waals surface area contributed by atoms with Gasteiger partial charge in [-0.1, -0.05) is 0 Å². The maximum absolute atomic E-state index is 12.4. The summed E-state index contributed by atoms with van der Waals surface area (Å²) in [6.07, 6.45) is 6.78. The fraction of sp³-hybridized carbons (Fsp3) is 0.591. The first kappa shape index (κ1) is 20.5. The third-order valence-electron chi connectivity index (χ3n) is 6.63. The van der Waals surface area contributed by atoms with Gasteiger partial charge < -0.3 is 19.5 Å². The number of urea groups is 1. The molecule has 5 rings (SSSR count). The number of carbonyl (C=O) groups is 3. The molecule has 0 unspecified atom stereocenters. The summed E-state index contributed by atoms with van der Waals surface area (Å²) in [5, 5.41) is 5.35. The maximum atomic E-state index is 12.4. The summed E-state index contributed by atoms with van der Waals surface area (Å²) in [5.41, 5.74) is -0.0494. The van der Waals surface area contributed by atoms with E-state index in [0.29, 0.717) is 29.3 Å². The number of hydrogen-bond donors (Lipinski definition) is 2. The Morgan fingerprint density at radius 3 is 2.20 bits per heavy atom. The molecule has 1 aromatic carbocycles. The molecule has 0 aliphatic heterocycles. The molecule has 1 aromatic rings. The number of carbonyl (C=O) groups excluding carboxylic acids is 3. The zero-order valence-corrected chi connectivity index (χ0v) is 17.4. The standard InChI is InChI=1S/C22H28N2O6/c1-28-16-3-4-18(29-2)17(8-16)20(26)30-12-19(25)23-21(27)24-22-9-13-5-14(10-22)7-15(6-13)11-22/h3-4,8,13-15H,5-7,9-12H2,1-2H3,(H2,23,24,25,27). The molecule has 0 aromatic heterocycles. The van der Waals surface area contributed by atoms with Crippen LogP contribution >= 0.6 is 0 Å². The van der Waals surface area contributed by atoms with Gasteiger partial charge in [-0.3, -0.25) is 10.1 Å². The van der Waals surface area contributed by atoms with Crippen LogP contribution in [0.15, 0.2) is 18.2 Å². The van der Waals surface area contributed by atoms with E-state index in [1.807, 2.05) is 0 Å². The Bertz CT molecular complexity index is 817. The van der Waals surface area contributed by atoms with Crippen molar-refractivity contribution in [3.05, 3.63) is 23.8 Å². The monoisotopic (exact) mass is 416 g/mol. The van der Waals surface area contributed by atoms with Gasteiger partial charge in [-0.25, -0.2) is 9.59 Å². The van der Waals surface area contributed by atoms with Crippen molar-refractivity contribution < 1.29 is 28.6 Å². The molecule has 8 nitrogen and oxygen atoms in total. The number of esters is 1. The predicted octanol–water partition coefficient (Wildman–Crippen LogP) is 2.66. The van der Waals surface area contributed by atoms with Crippen molar-refractivity contribution >= 4 is 17.9 Å². The minimum absolute atomic E-state index is 0.141. The highest BCUT2D eigenvalue weighted by Gasteiger charge is 2.51. The van der Waals surface area contributed by atoms with Gasteiger partial charge in [-0.2, -0.15) is 0 Å². The summed E-state index contributed by atoms with van der Waals surface area (Å²) in [6, 6.07) is 4.18. The van der Waals surface area contributed by atoms with Crippen LogP contribution < -0.4 is 20.1 Å². The SMILES string of the molecule is COc1ccc(OC)c(C(=O)OCC(=O)NC(=O)NC23CC4CC(CC(C4)C2)C3)c1. The summed E-state index contributed by atoms with van der Waals surface area (Å²) < 4.78 is 15.3. The van der Waals surface area contributed by atoms with Gasteiger partial charge in [0, 0.05) is 5.54 Å². The van der Waals surface area contributed by atoms with E-state index in [0.717, 1.165) is 19.3 Å². The van der Waals surface area contributed by atoms with Crippen LogP contribution in [0.2, 0.25) is 0 Å². The van der Waals surface area contributed by atoms with Crippen molar-refractivity contribution in [3.63, 3.8) is 0 Å². The average Bonchev–Trinajstić information content (AvgIpc) is 2.69. The molecule has 4 bridgehead atoms. The molecule has 8 heteroatoms. The van der Waals surface area contributed by atoms with Crippen molar-refractivity contribution in [2.24, 2.45) is 17.8 Å². The lowest BCUT2D eigenvalue weighted by molar-refractivity contribution is -0.123. The van der Waals surface area contributed by atoms with E-state index in [2.05, 4.69) is 10.6 Å². The largest absolute Gasteiger partial charge is 0.497 e. The van der Waals surface area contributed by atoms with E-state index in [9.17, 15) is 14.4 Å². The van der Waals surface area contributed by atoms with Crippen LogP contribution in [0.25, 0.3) is 0 Å². The van der Waals surface area contributed by atoms with Crippen molar-refractivity contribution in [1.29, 1.82) is 0 Å². The Balaban J connectivity index is 1.29. The lowest BCUT2D eigenvalue weighted by atomic mass is 9.53. The number of benzene rings is 1. The number of methoxy groups -OCH3 is 2. The number of hydrogen-bond acceptors (Lipinski definition) is 6. The van der Waals surface area contributed by atoms with Crippen LogP contribution in [0, 0.1) is 17.8 Å². The first-order valence-corrected chi connectivity index (χ1v) is 10.4. The second-order valence-corrected chi connectivity index (χ2v) is 8.84. The summed E-state index contributed by atoms with van der Waals surface area (Å²) in [4.78, 5) is 36.9. The van der Waals surface area contributed by atoms with Gasteiger partial charge >= 0.3 is 12.0 Å². The quantitative estimate of drug-likeness (QED) is 0.691. The van der Waals surface area contributed by atoms with Crippen LogP contribution in [0.3, 0.4) is 0 Å². The van der Waals surface area contributed by atoms with Gasteiger partial charge in [0.2, 0.25) is 0 Å². The van der Waals surface area contributed by atoms with E-state index < -0.39 is 24.5 Å². The normalized spacial score (nSPS) is 28.5. The van der Waals surface area contributed by atoms with Gasteiger partial charge in [0.1, 0.15) is 17.1 Å². The molecular formula is C22H28N2O6. The van der Waals surface area contributed by atoms with Gasteiger partial charge in [-0.05, 0) is 74.5 Å². The van der Waals surface area contributed by atoms with Gasteiger partial charge in [-0.15, -0.1) is 0 Å². The molecule has 0 spiro atoms. The van der Waals surface area contributed by atoms with Crippen molar-refractivity contribution in [2.45, 2.75) is 44.1 Å². The highest BCUT2D eigenvalue weighted by Crippen LogP contribution is 2.55. The molecule has 0 saturated heterocycles. The van der Waals surface area contributed by atoms with Crippen molar-refractivity contribution in [3.8, 4) is 11.5 Å². The minimum Gasteiger partial charge on any atom is -0.497 e. The zero-order valence-electron chi connectivity index (χ0n) is 17.4. The minimum atomic E-state index is -0.734. The number of amides is 3. The third kappa shape index (κ3) is 4.22. The fourth-order valence-electron chi connectivity index (χ4n) is 5.88. The van der Waals surface area contributed by atoms with Crippen LogP contribution in [0.5, 0.6) is 11.5 Å². The van der Waals surface area contributed by atoms with E-state index in [4.69, 9.17) is 14.2 Å². The average molecular weight is 416 g/mol. The van der Waals surface area contributed by atoms with Crippen LogP contribution in [0.1, 0.15) is 48.9 Å². The van der Waals surface area contributed by atoms with Crippen LogP contribution in [0.4, 0.5) is 4.79 Å². The van der Waals surface area contributed by atoms with E-state index in [1.165, 1.54) is 39.5 Å². The summed E-state index contributed by atoms with van der Waals surface area (Å²) in [7, 11) is 2.91. The molecule has 0 radical (unpaired) electrons. The molecule has 4 fully saturated rings. The molecule has 4 saturated carbocycles. The second-order valence-electron chi connectivity index (χ2n) is 8.84. The predicted molar refractivity (Wildman–Crippen MR) is 107 cm³/mol. The lowest BCUT2D eigenvalue weighted by Crippen LogP contribution is -2.62. The van der Waals surface area contributed by atoms with E-state index >= 15 is 0 Å². The number of nitrogens with one attached hydrogen (secondary N) is 2. The first-order chi connectivity index (χ1) is 14.4. The lowest BCUT2D eigenvalue weighted by Gasteiger charge is -2.56. The molecule has 0 atom stereocenters. The Kier molecular flexibility index (Phi) is 5.58. The Hall–Kier alpha value is -2.77. The summed E-state index contributed by atoms with van der Waals surface area (Å²) in [5.74, 6) is 1.42. The number of rotatable bonds is 6. The number of imide groups is 1. The fourth-order valence-corrected chi connectivity index (χ4v) is 5.88. The van der Waals surface area contributed by atoms with Crippen LogP contribution in [-0.2, 0) is 9.53 Å². The summed E-state index contributed by atoms with van der Waals surface area (Å²) >= 11 is 0. The summed E-state index contributed by atoms with van der Waals surface area (Å²) in [6.45, 7) is -0.562. The Labute approximate surface area is 175 Å². The third-order valence-corrected chi connectivity index (χ3v) is 6.63. The molecule has 4 aliphatic carbocycles. The molecule has 30 heavy (non-hydrogen) atoms.